The van der Waals surface area contributed by atoms with E-state index in [2.05, 4.69) is 33.2 Å². The van der Waals surface area contributed by atoms with Crippen molar-refractivity contribution in [2.24, 2.45) is 0 Å². The van der Waals surface area contributed by atoms with Gasteiger partial charge in [0, 0.05) is 53.9 Å². The predicted molar refractivity (Wildman–Crippen MR) is 136 cm³/mol. The van der Waals surface area contributed by atoms with E-state index in [1.807, 2.05) is 18.3 Å². The number of aromatic amines is 1. The minimum Gasteiger partial charge on any atom is -0.384 e. The Hall–Kier alpha value is -3.34. The molecular formula is C25H26N6O3S. The number of hydrogen-bond acceptors (Lipinski definition) is 8. The summed E-state index contributed by atoms with van der Waals surface area (Å²) in [7, 11) is 0. The van der Waals surface area contributed by atoms with Crippen LogP contribution >= 0.6 is 11.3 Å². The van der Waals surface area contributed by atoms with Gasteiger partial charge in [-0.3, -0.25) is 4.79 Å². The van der Waals surface area contributed by atoms with Gasteiger partial charge in [0.15, 0.2) is 11.6 Å². The van der Waals surface area contributed by atoms with Gasteiger partial charge in [-0.2, -0.15) is 0 Å². The fourth-order valence-corrected chi connectivity index (χ4v) is 5.86. The maximum atomic E-state index is 12.4. The molecule has 0 radical (unpaired) electrons. The van der Waals surface area contributed by atoms with Crippen molar-refractivity contribution in [3.05, 3.63) is 41.5 Å². The minimum absolute atomic E-state index is 0.190. The van der Waals surface area contributed by atoms with Gasteiger partial charge in [0.25, 0.3) is 5.91 Å². The Balaban J connectivity index is 1.50. The van der Waals surface area contributed by atoms with Crippen molar-refractivity contribution in [1.29, 1.82) is 0 Å². The summed E-state index contributed by atoms with van der Waals surface area (Å²) in [6.07, 6.45) is 4.68. The zero-order chi connectivity index (χ0) is 24.1. The van der Waals surface area contributed by atoms with Crippen LogP contribution in [0.3, 0.4) is 0 Å². The van der Waals surface area contributed by atoms with Crippen LogP contribution in [0.25, 0.3) is 38.2 Å². The summed E-state index contributed by atoms with van der Waals surface area (Å²) in [5, 5.41) is 12.8. The molecule has 2 atom stereocenters. The smallest absolute Gasteiger partial charge is 0.251 e. The van der Waals surface area contributed by atoms with E-state index in [0.29, 0.717) is 32.1 Å². The fraction of sp³-hybridized carbons (Fsp3) is 0.360. The van der Waals surface area contributed by atoms with Crippen molar-refractivity contribution in [3.63, 3.8) is 0 Å². The highest BCUT2D eigenvalue weighted by atomic mass is 32.1. The second-order valence-corrected chi connectivity index (χ2v) is 9.92. The van der Waals surface area contributed by atoms with E-state index >= 15 is 0 Å². The van der Waals surface area contributed by atoms with Gasteiger partial charge < -0.3 is 24.6 Å². The normalized spacial score (nSPS) is 19.5. The average molecular weight is 491 g/mol. The lowest BCUT2D eigenvalue weighted by Gasteiger charge is -2.34. The second-order valence-electron chi connectivity index (χ2n) is 9.04. The van der Waals surface area contributed by atoms with E-state index < -0.39 is 6.10 Å². The van der Waals surface area contributed by atoms with Crippen LogP contribution < -0.4 is 4.90 Å². The molecule has 2 N–H and O–H groups in total. The maximum absolute atomic E-state index is 12.4. The van der Waals surface area contributed by atoms with Crippen LogP contribution in [0.2, 0.25) is 0 Å². The molecule has 1 amide bonds. The lowest BCUT2D eigenvalue weighted by atomic mass is 10.1. The zero-order valence-corrected chi connectivity index (χ0v) is 20.4. The molecule has 1 saturated heterocycles. The monoisotopic (exact) mass is 490 g/mol. The summed E-state index contributed by atoms with van der Waals surface area (Å²) in [6.45, 7) is 6.66. The number of morpholine rings is 1. The van der Waals surface area contributed by atoms with Crippen LogP contribution in [0.1, 0.15) is 19.4 Å². The number of anilines is 1. The molecule has 6 heterocycles. The Bertz CT molecular complexity index is 1460. The van der Waals surface area contributed by atoms with Crippen LogP contribution in [0.4, 0.5) is 5.82 Å². The molecular weight excluding hydrogens is 464 g/mol. The quantitative estimate of drug-likeness (QED) is 0.453. The Morgan fingerprint density at radius 3 is 3.03 bits per heavy atom. The Labute approximate surface area is 206 Å². The van der Waals surface area contributed by atoms with E-state index in [4.69, 9.17) is 14.7 Å². The molecule has 10 heteroatoms. The van der Waals surface area contributed by atoms with E-state index in [1.165, 1.54) is 6.92 Å². The Morgan fingerprint density at radius 2 is 2.20 bits per heavy atom. The summed E-state index contributed by atoms with van der Waals surface area (Å²) in [5.74, 6) is 1.29. The first-order valence-corrected chi connectivity index (χ1v) is 12.6. The topological polar surface area (TPSA) is 107 Å². The summed E-state index contributed by atoms with van der Waals surface area (Å²) >= 11 is 1.63. The Kier molecular flexibility index (Phi) is 5.51. The number of aliphatic hydroxyl groups is 1. The zero-order valence-electron chi connectivity index (χ0n) is 19.6. The molecule has 6 rings (SSSR count). The molecule has 2 aliphatic heterocycles. The first-order chi connectivity index (χ1) is 17.0. The molecule has 35 heavy (non-hydrogen) atoms. The number of carbonyl (C=O) groups excluding carboxylic acids is 1. The van der Waals surface area contributed by atoms with E-state index in [-0.39, 0.29) is 11.9 Å². The number of ether oxygens (including phenoxy) is 1. The highest BCUT2D eigenvalue weighted by molar-refractivity contribution is 7.18. The third-order valence-corrected chi connectivity index (χ3v) is 7.64. The molecule has 9 nitrogen and oxygen atoms in total. The third kappa shape index (κ3) is 3.78. The number of nitrogens with zero attached hydrogens (tertiary/aromatic N) is 5. The number of carbonyl (C=O) groups is 1. The van der Waals surface area contributed by atoms with Crippen molar-refractivity contribution in [3.8, 4) is 11.4 Å². The summed E-state index contributed by atoms with van der Waals surface area (Å²) in [4.78, 5) is 34.1. The molecule has 0 spiro atoms. The lowest BCUT2D eigenvalue weighted by Crippen LogP contribution is -2.44. The molecule has 1 fully saturated rings. The molecule has 2 aliphatic rings. The summed E-state index contributed by atoms with van der Waals surface area (Å²) in [6, 6.07) is 4.14. The number of pyridine rings is 1. The van der Waals surface area contributed by atoms with Crippen molar-refractivity contribution < 1.29 is 14.6 Å². The largest absolute Gasteiger partial charge is 0.384 e. The second kappa shape index (κ2) is 8.71. The van der Waals surface area contributed by atoms with Crippen molar-refractivity contribution in [2.45, 2.75) is 26.0 Å². The van der Waals surface area contributed by atoms with Gasteiger partial charge in [-0.1, -0.05) is 6.08 Å². The Morgan fingerprint density at radius 1 is 1.31 bits per heavy atom. The van der Waals surface area contributed by atoms with E-state index in [1.54, 1.807) is 22.4 Å². The van der Waals surface area contributed by atoms with Gasteiger partial charge in [0.05, 0.1) is 29.5 Å². The maximum Gasteiger partial charge on any atom is 0.251 e. The number of aliphatic hydroxyl groups excluding tert-OH is 1. The standard InChI is InChI=1S/C25H26N6O3S/c1-14-12-34-10-9-31(14)24-21-20(19(13-35-21)16-5-8-30(11-16)25(33)15(2)32)28-23(29-24)18-4-7-27-22-17(18)3-6-26-22/h3-7,13-15,32H,8-12H2,1-2H3,(H,26,27)/t14-,15-/m1/s1. The van der Waals surface area contributed by atoms with Gasteiger partial charge in [0.1, 0.15) is 11.8 Å². The molecule has 180 valence electrons. The number of fused-ring (bicyclic) bond motifs is 2. The van der Waals surface area contributed by atoms with Crippen molar-refractivity contribution >= 4 is 49.9 Å². The van der Waals surface area contributed by atoms with Crippen molar-refractivity contribution in [1.82, 2.24) is 24.8 Å². The van der Waals surface area contributed by atoms with Crippen LogP contribution in [0.5, 0.6) is 0 Å². The lowest BCUT2D eigenvalue weighted by molar-refractivity contribution is -0.137. The van der Waals surface area contributed by atoms with E-state index in [9.17, 15) is 9.90 Å². The van der Waals surface area contributed by atoms with Crippen LogP contribution in [0.15, 0.2) is 36.0 Å². The molecule has 0 aliphatic carbocycles. The highest BCUT2D eigenvalue weighted by Crippen LogP contribution is 2.39. The van der Waals surface area contributed by atoms with Crippen LogP contribution in [-0.4, -0.2) is 80.8 Å². The molecule has 0 saturated carbocycles. The van der Waals surface area contributed by atoms with Gasteiger partial charge >= 0.3 is 0 Å². The molecule has 4 aromatic heterocycles. The molecule has 4 aromatic rings. The number of H-pyrrole nitrogens is 1. The number of hydrogen-bond donors (Lipinski definition) is 2. The van der Waals surface area contributed by atoms with Gasteiger partial charge in [0.2, 0.25) is 0 Å². The third-order valence-electron chi connectivity index (χ3n) is 6.67. The number of thiophene rings is 1. The minimum atomic E-state index is -1.01. The number of nitrogens with one attached hydrogen (secondary N) is 1. The fourth-order valence-electron chi connectivity index (χ4n) is 4.83. The molecule has 0 bridgehead atoms. The first kappa shape index (κ1) is 22.1. The molecule has 0 unspecified atom stereocenters. The summed E-state index contributed by atoms with van der Waals surface area (Å²) in [5.41, 5.74) is 4.65. The van der Waals surface area contributed by atoms with Crippen molar-refractivity contribution in [2.75, 3.05) is 37.7 Å². The number of rotatable bonds is 4. The van der Waals surface area contributed by atoms with E-state index in [0.717, 1.165) is 50.3 Å². The summed E-state index contributed by atoms with van der Waals surface area (Å²) < 4.78 is 6.71. The van der Waals surface area contributed by atoms with Crippen LogP contribution in [-0.2, 0) is 9.53 Å². The number of amides is 1. The van der Waals surface area contributed by atoms with Gasteiger partial charge in [-0.05, 0) is 31.6 Å². The van der Waals surface area contributed by atoms with Gasteiger partial charge in [-0.15, -0.1) is 11.3 Å². The first-order valence-electron chi connectivity index (χ1n) is 11.7. The highest BCUT2D eigenvalue weighted by Gasteiger charge is 2.29. The number of aromatic nitrogens is 4. The van der Waals surface area contributed by atoms with Gasteiger partial charge in [-0.25, -0.2) is 15.0 Å². The predicted octanol–water partition coefficient (Wildman–Crippen LogP) is 3.07. The van der Waals surface area contributed by atoms with Crippen LogP contribution in [0, 0.1) is 0 Å². The SMILES string of the molecule is C[C@@H]1COCCN1c1nc(-c2ccnc3[nH]ccc23)nc2c(C3=CCN(C(=O)[C@@H](C)O)C3)csc12. The molecule has 0 aromatic carbocycles. The average Bonchev–Trinajstić information content (AvgIpc) is 3.62.